The molecule has 0 atom stereocenters. The van der Waals surface area contributed by atoms with Gasteiger partial charge in [-0.2, -0.15) is 9.98 Å². The van der Waals surface area contributed by atoms with E-state index in [0.717, 1.165) is 16.7 Å². The predicted molar refractivity (Wildman–Crippen MR) is 154 cm³/mol. The third kappa shape index (κ3) is 9.05. The topological polar surface area (TPSA) is 157 Å². The van der Waals surface area contributed by atoms with Gasteiger partial charge in [0.05, 0.1) is 32.0 Å². The predicted octanol–water partition coefficient (Wildman–Crippen LogP) is 6.42. The summed E-state index contributed by atoms with van der Waals surface area (Å²) in [5, 5.41) is 7.46. The summed E-state index contributed by atoms with van der Waals surface area (Å²) < 4.78 is 14.1. The number of hydrogen-bond donors (Lipinski definition) is 3. The van der Waals surface area contributed by atoms with Crippen molar-refractivity contribution in [2.75, 3.05) is 30.2 Å². The molecule has 0 aliphatic carbocycles. The Labute approximate surface area is 236 Å². The molecule has 3 rings (SSSR count). The third-order valence-electron chi connectivity index (χ3n) is 5.80. The molecule has 0 spiro atoms. The van der Waals surface area contributed by atoms with Crippen molar-refractivity contribution in [2.24, 2.45) is 9.98 Å². The Kier molecular flexibility index (Phi) is 10.3. The lowest BCUT2D eigenvalue weighted by Crippen LogP contribution is -2.23. The highest BCUT2D eigenvalue weighted by molar-refractivity contribution is 5.98. The van der Waals surface area contributed by atoms with E-state index in [1.807, 2.05) is 13.0 Å². The summed E-state index contributed by atoms with van der Waals surface area (Å²) >= 11 is 0. The highest BCUT2D eigenvalue weighted by Crippen LogP contribution is 2.24. The molecule has 212 valence electrons. The number of carbonyl (C=O) groups excluding carboxylic acids is 4. The largest absolute Gasteiger partial charge is 0.469 e. The van der Waals surface area contributed by atoms with Crippen molar-refractivity contribution in [1.29, 1.82) is 0 Å². The number of amides is 3. The summed E-state index contributed by atoms with van der Waals surface area (Å²) in [6.07, 6.45) is -2.58. The Hall–Kier alpha value is -5.48. The van der Waals surface area contributed by atoms with Crippen molar-refractivity contribution in [3.8, 4) is 0 Å². The first kappa shape index (κ1) is 30.1. The molecular weight excluding hydrogens is 530 g/mol. The number of methoxy groups -OCH3 is 2. The van der Waals surface area contributed by atoms with Crippen LogP contribution in [0.5, 0.6) is 0 Å². The minimum atomic E-state index is -1.03. The first-order chi connectivity index (χ1) is 19.6. The van der Waals surface area contributed by atoms with Gasteiger partial charge in [-0.3, -0.25) is 20.7 Å². The van der Waals surface area contributed by atoms with Crippen LogP contribution >= 0.6 is 0 Å². The average molecular weight is 560 g/mol. The van der Waals surface area contributed by atoms with Crippen LogP contribution in [0.1, 0.15) is 22.3 Å². The van der Waals surface area contributed by atoms with Crippen LogP contribution in [0.4, 0.5) is 42.8 Å². The van der Waals surface area contributed by atoms with Gasteiger partial charge in [0.2, 0.25) is 0 Å². The standard InChI is InChI=1S/C29H29N5O7/c1-17-6-9-21(12-20(17)13-26(35)39-4)30-16-31-22-10-7-18(2)24(14-22)34-29(38)41-28(37)32-23-11-8-19(3)25(15-23)33-27(36)40-5/h6-12,14-15H,13H2,1-5H3,(H,32,37)(H,33,36)(H,34,38). The Balaban J connectivity index is 1.64. The third-order valence-corrected chi connectivity index (χ3v) is 5.80. The zero-order valence-electron chi connectivity index (χ0n) is 23.2. The van der Waals surface area contributed by atoms with Crippen LogP contribution in [-0.4, -0.2) is 44.5 Å². The average Bonchev–Trinajstić information content (AvgIpc) is 2.93. The molecule has 0 heterocycles. The molecule has 0 bridgehead atoms. The Morgan fingerprint density at radius 3 is 1.90 bits per heavy atom. The van der Waals surface area contributed by atoms with Crippen molar-refractivity contribution >= 4 is 58.7 Å². The molecule has 0 aromatic heterocycles. The number of rotatable bonds is 7. The molecule has 41 heavy (non-hydrogen) atoms. The monoisotopic (exact) mass is 559 g/mol. The van der Waals surface area contributed by atoms with E-state index in [0.29, 0.717) is 28.3 Å². The van der Waals surface area contributed by atoms with Crippen LogP contribution in [-0.2, 0) is 25.4 Å². The minimum absolute atomic E-state index is 0.128. The lowest BCUT2D eigenvalue weighted by atomic mass is 10.1. The van der Waals surface area contributed by atoms with Gasteiger partial charge in [0.1, 0.15) is 6.01 Å². The molecule has 0 unspecified atom stereocenters. The maximum Gasteiger partial charge on any atom is 0.420 e. The summed E-state index contributed by atoms with van der Waals surface area (Å²) in [7, 11) is 2.57. The SMILES string of the molecule is COC(=O)Cc1cc(N=C=Nc2ccc(C)c(NC(=O)OC(=O)Nc3ccc(C)c(NC(=O)OC)c3)c2)ccc1C. The van der Waals surface area contributed by atoms with E-state index in [4.69, 9.17) is 9.47 Å². The van der Waals surface area contributed by atoms with Gasteiger partial charge in [-0.25, -0.2) is 14.4 Å². The van der Waals surface area contributed by atoms with Crippen LogP contribution in [0.25, 0.3) is 0 Å². The van der Waals surface area contributed by atoms with E-state index in [1.54, 1.807) is 56.3 Å². The van der Waals surface area contributed by atoms with Crippen molar-refractivity contribution < 1.29 is 33.4 Å². The lowest BCUT2D eigenvalue weighted by Gasteiger charge is -2.11. The van der Waals surface area contributed by atoms with Gasteiger partial charge in [0, 0.05) is 17.1 Å². The first-order valence-electron chi connectivity index (χ1n) is 12.3. The van der Waals surface area contributed by atoms with Crippen molar-refractivity contribution in [1.82, 2.24) is 0 Å². The maximum atomic E-state index is 12.4. The molecule has 0 fully saturated rings. The first-order valence-corrected chi connectivity index (χ1v) is 12.3. The molecule has 0 aliphatic heterocycles. The second-order valence-electron chi connectivity index (χ2n) is 8.76. The minimum Gasteiger partial charge on any atom is -0.469 e. The van der Waals surface area contributed by atoms with Crippen LogP contribution < -0.4 is 16.0 Å². The van der Waals surface area contributed by atoms with Gasteiger partial charge in [-0.15, -0.1) is 0 Å². The van der Waals surface area contributed by atoms with E-state index in [-0.39, 0.29) is 18.1 Å². The lowest BCUT2D eigenvalue weighted by molar-refractivity contribution is -0.139. The molecule has 0 aliphatic rings. The number of carbonyl (C=O) groups is 4. The second-order valence-corrected chi connectivity index (χ2v) is 8.76. The number of hydrogen-bond acceptors (Lipinski definition) is 9. The van der Waals surface area contributed by atoms with Gasteiger partial charge in [-0.1, -0.05) is 18.2 Å². The molecule has 3 aromatic rings. The molecule has 12 heteroatoms. The Morgan fingerprint density at radius 1 is 0.683 bits per heavy atom. The molecule has 12 nitrogen and oxygen atoms in total. The smallest absolute Gasteiger partial charge is 0.420 e. The second kappa shape index (κ2) is 14.1. The number of aryl methyl sites for hydroxylation is 3. The quantitative estimate of drug-likeness (QED) is 0.130. The van der Waals surface area contributed by atoms with Crippen molar-refractivity contribution in [2.45, 2.75) is 27.2 Å². The van der Waals surface area contributed by atoms with Crippen LogP contribution in [0, 0.1) is 20.8 Å². The van der Waals surface area contributed by atoms with Gasteiger partial charge in [0.25, 0.3) is 0 Å². The molecule has 3 amide bonds. The van der Waals surface area contributed by atoms with E-state index in [9.17, 15) is 19.2 Å². The van der Waals surface area contributed by atoms with Gasteiger partial charge in [-0.05, 0) is 79.4 Å². The highest BCUT2D eigenvalue weighted by atomic mass is 16.6. The molecule has 0 radical (unpaired) electrons. The van der Waals surface area contributed by atoms with Crippen molar-refractivity contribution in [3.63, 3.8) is 0 Å². The fraction of sp³-hybridized carbons (Fsp3) is 0.207. The van der Waals surface area contributed by atoms with Crippen LogP contribution in [0.15, 0.2) is 64.6 Å². The molecule has 0 saturated heterocycles. The summed E-state index contributed by atoms with van der Waals surface area (Å²) in [5.41, 5.74) is 5.20. The van der Waals surface area contributed by atoms with Crippen LogP contribution in [0.2, 0.25) is 0 Å². The van der Waals surface area contributed by atoms with Gasteiger partial charge in [0.15, 0.2) is 0 Å². The Morgan fingerprint density at radius 2 is 1.24 bits per heavy atom. The highest BCUT2D eigenvalue weighted by Gasteiger charge is 2.14. The van der Waals surface area contributed by atoms with E-state index in [2.05, 4.69) is 36.7 Å². The molecule has 0 saturated carbocycles. The van der Waals surface area contributed by atoms with Gasteiger partial charge < -0.3 is 14.2 Å². The summed E-state index contributed by atoms with van der Waals surface area (Å²) in [6, 6.07) is 17.7. The zero-order valence-corrected chi connectivity index (χ0v) is 23.2. The fourth-order valence-electron chi connectivity index (χ4n) is 3.46. The number of ether oxygens (including phenoxy) is 3. The fourth-order valence-corrected chi connectivity index (χ4v) is 3.46. The molecular formula is C29H29N5O7. The summed E-state index contributed by atoms with van der Waals surface area (Å²) in [6.45, 7) is 5.41. The van der Waals surface area contributed by atoms with Gasteiger partial charge >= 0.3 is 24.2 Å². The van der Waals surface area contributed by atoms with E-state index < -0.39 is 18.3 Å². The zero-order chi connectivity index (χ0) is 29.9. The molecule has 3 N–H and O–H groups in total. The van der Waals surface area contributed by atoms with E-state index >= 15 is 0 Å². The van der Waals surface area contributed by atoms with Crippen LogP contribution in [0.3, 0.4) is 0 Å². The summed E-state index contributed by atoms with van der Waals surface area (Å²) in [4.78, 5) is 56.1. The number of anilines is 3. The van der Waals surface area contributed by atoms with Crippen molar-refractivity contribution in [3.05, 3.63) is 76.9 Å². The number of nitrogens with zero attached hydrogens (tertiary/aromatic N) is 2. The maximum absolute atomic E-state index is 12.4. The number of esters is 1. The number of nitrogens with one attached hydrogen (secondary N) is 3. The molecule has 3 aromatic carbocycles. The normalized spacial score (nSPS) is 9.98. The Bertz CT molecular complexity index is 1540. The summed E-state index contributed by atoms with van der Waals surface area (Å²) in [5.74, 6) is -0.351. The van der Waals surface area contributed by atoms with E-state index in [1.165, 1.54) is 20.3 Å². The number of benzene rings is 3. The number of aliphatic imine (C=N–C) groups is 2.